The number of hydrogen-bond acceptors (Lipinski definition) is 6. The van der Waals surface area contributed by atoms with Gasteiger partial charge in [-0.1, -0.05) is 12.1 Å². The van der Waals surface area contributed by atoms with Crippen molar-refractivity contribution >= 4 is 11.6 Å². The molecule has 0 radical (unpaired) electrons. The second-order valence-electron chi connectivity index (χ2n) is 6.46. The molecule has 0 aliphatic rings. The third kappa shape index (κ3) is 6.67. The lowest BCUT2D eigenvalue weighted by molar-refractivity contribution is -0.385. The molecule has 29 heavy (non-hydrogen) atoms. The fraction of sp³-hybridized carbons (Fsp3) is 0.381. The van der Waals surface area contributed by atoms with Gasteiger partial charge in [-0.3, -0.25) is 14.9 Å². The Balaban J connectivity index is 1.80. The summed E-state index contributed by atoms with van der Waals surface area (Å²) >= 11 is 0. The fourth-order valence-corrected chi connectivity index (χ4v) is 2.83. The first kappa shape index (κ1) is 22.0. The highest BCUT2D eigenvalue weighted by Gasteiger charge is 2.19. The standard InChI is InChI=1S/C21H26N2O6/c1-15-6-4-7-17(12-15)29-11-5-8-21(24)22-10-9-16-13-19(27-2)20(28-3)14-18(16)23(25)26/h4,6-7,12-14H,5,8-11H2,1-3H3,(H,22,24). The molecule has 0 aliphatic heterocycles. The molecule has 2 aromatic rings. The number of nitrogens with one attached hydrogen (secondary N) is 1. The van der Waals surface area contributed by atoms with Crippen molar-refractivity contribution in [3.05, 3.63) is 57.6 Å². The first-order valence-corrected chi connectivity index (χ1v) is 9.30. The largest absolute Gasteiger partial charge is 0.494 e. The van der Waals surface area contributed by atoms with Gasteiger partial charge in [0, 0.05) is 18.5 Å². The van der Waals surface area contributed by atoms with Crippen LogP contribution in [-0.2, 0) is 11.2 Å². The minimum absolute atomic E-state index is 0.0662. The van der Waals surface area contributed by atoms with Gasteiger partial charge in [0.25, 0.3) is 5.69 Å². The van der Waals surface area contributed by atoms with E-state index in [4.69, 9.17) is 14.2 Å². The smallest absolute Gasteiger partial charge is 0.276 e. The number of nitro benzene ring substituents is 1. The van der Waals surface area contributed by atoms with Gasteiger partial charge in [-0.25, -0.2) is 0 Å². The van der Waals surface area contributed by atoms with E-state index in [0.717, 1.165) is 11.3 Å². The summed E-state index contributed by atoms with van der Waals surface area (Å²) in [5.74, 6) is 1.36. The van der Waals surface area contributed by atoms with Crippen LogP contribution in [0.2, 0.25) is 0 Å². The number of benzene rings is 2. The first-order chi connectivity index (χ1) is 13.9. The molecule has 1 amide bonds. The highest BCUT2D eigenvalue weighted by atomic mass is 16.6. The molecule has 1 N–H and O–H groups in total. The summed E-state index contributed by atoms with van der Waals surface area (Å²) in [5.41, 5.74) is 1.52. The molecule has 0 unspecified atom stereocenters. The van der Waals surface area contributed by atoms with Crippen molar-refractivity contribution in [2.75, 3.05) is 27.4 Å². The van der Waals surface area contributed by atoms with Crippen LogP contribution in [0.3, 0.4) is 0 Å². The van der Waals surface area contributed by atoms with Gasteiger partial charge in [-0.05, 0) is 43.5 Å². The Morgan fingerprint density at radius 1 is 1.14 bits per heavy atom. The second kappa shape index (κ2) is 10.9. The maximum atomic E-state index is 12.0. The van der Waals surface area contributed by atoms with Crippen LogP contribution < -0.4 is 19.5 Å². The van der Waals surface area contributed by atoms with E-state index in [9.17, 15) is 14.9 Å². The summed E-state index contributed by atoms with van der Waals surface area (Å²) in [6, 6.07) is 10.6. The highest BCUT2D eigenvalue weighted by molar-refractivity contribution is 5.75. The van der Waals surface area contributed by atoms with E-state index in [2.05, 4.69) is 5.32 Å². The van der Waals surface area contributed by atoms with Crippen molar-refractivity contribution < 1.29 is 23.9 Å². The van der Waals surface area contributed by atoms with Crippen molar-refractivity contribution in [3.63, 3.8) is 0 Å². The van der Waals surface area contributed by atoms with Crippen LogP contribution in [-0.4, -0.2) is 38.2 Å². The Morgan fingerprint density at radius 3 is 2.52 bits per heavy atom. The van der Waals surface area contributed by atoms with E-state index >= 15 is 0 Å². The summed E-state index contributed by atoms with van der Waals surface area (Å²) < 4.78 is 15.9. The molecule has 8 heteroatoms. The Hall–Kier alpha value is -3.29. The topological polar surface area (TPSA) is 99.9 Å². The van der Waals surface area contributed by atoms with E-state index in [1.807, 2.05) is 31.2 Å². The summed E-state index contributed by atoms with van der Waals surface area (Å²) in [6.07, 6.45) is 1.21. The minimum Gasteiger partial charge on any atom is -0.494 e. The molecule has 0 spiro atoms. The maximum Gasteiger partial charge on any atom is 0.276 e. The number of rotatable bonds is 11. The molecule has 2 aromatic carbocycles. The van der Waals surface area contributed by atoms with E-state index in [-0.39, 0.29) is 18.1 Å². The van der Waals surface area contributed by atoms with Crippen molar-refractivity contribution in [2.24, 2.45) is 0 Å². The molecule has 0 atom stereocenters. The Bertz CT molecular complexity index is 853. The average molecular weight is 402 g/mol. The Morgan fingerprint density at radius 2 is 1.86 bits per heavy atom. The van der Waals surface area contributed by atoms with Gasteiger partial charge in [0.15, 0.2) is 11.5 Å². The van der Waals surface area contributed by atoms with Crippen LogP contribution in [0, 0.1) is 17.0 Å². The number of amides is 1. The van der Waals surface area contributed by atoms with Crippen LogP contribution in [0.5, 0.6) is 17.2 Å². The van der Waals surface area contributed by atoms with Crippen molar-refractivity contribution in [3.8, 4) is 17.2 Å². The van der Waals surface area contributed by atoms with Crippen molar-refractivity contribution in [1.29, 1.82) is 0 Å². The summed E-state index contributed by atoms with van der Waals surface area (Å²) in [5, 5.41) is 14.1. The summed E-state index contributed by atoms with van der Waals surface area (Å²) in [4.78, 5) is 22.8. The van der Waals surface area contributed by atoms with Gasteiger partial charge < -0.3 is 19.5 Å². The molecule has 0 aromatic heterocycles. The zero-order valence-corrected chi connectivity index (χ0v) is 16.9. The number of carbonyl (C=O) groups is 1. The number of aryl methyl sites for hydroxylation is 1. The van der Waals surface area contributed by atoms with Crippen LogP contribution in [0.4, 0.5) is 5.69 Å². The first-order valence-electron chi connectivity index (χ1n) is 9.30. The minimum atomic E-state index is -0.470. The van der Waals surface area contributed by atoms with Gasteiger partial charge >= 0.3 is 0 Å². The summed E-state index contributed by atoms with van der Waals surface area (Å²) in [6.45, 7) is 2.72. The third-order valence-electron chi connectivity index (χ3n) is 4.30. The zero-order chi connectivity index (χ0) is 21.2. The number of nitrogens with zero attached hydrogens (tertiary/aromatic N) is 1. The summed E-state index contributed by atoms with van der Waals surface area (Å²) in [7, 11) is 2.89. The molecule has 0 bridgehead atoms. The number of nitro groups is 1. The van der Waals surface area contributed by atoms with Crippen molar-refractivity contribution in [1.82, 2.24) is 5.32 Å². The quantitative estimate of drug-likeness (QED) is 0.351. The molecule has 0 heterocycles. The van der Waals surface area contributed by atoms with Gasteiger partial charge in [0.1, 0.15) is 5.75 Å². The molecule has 0 saturated heterocycles. The molecule has 0 aliphatic carbocycles. The SMILES string of the molecule is COc1cc(CCNC(=O)CCCOc2cccc(C)c2)c([N+](=O)[O-])cc1OC. The van der Waals surface area contributed by atoms with E-state index in [1.165, 1.54) is 20.3 Å². The molecule has 8 nitrogen and oxygen atoms in total. The van der Waals surface area contributed by atoms with Gasteiger partial charge in [0.2, 0.25) is 5.91 Å². The lowest BCUT2D eigenvalue weighted by atomic mass is 10.1. The van der Waals surface area contributed by atoms with Gasteiger partial charge in [-0.2, -0.15) is 0 Å². The third-order valence-corrected chi connectivity index (χ3v) is 4.30. The van der Waals surface area contributed by atoms with E-state index in [1.54, 1.807) is 6.07 Å². The lowest BCUT2D eigenvalue weighted by Gasteiger charge is -2.11. The van der Waals surface area contributed by atoms with E-state index < -0.39 is 4.92 Å². The van der Waals surface area contributed by atoms with Crippen LogP contribution >= 0.6 is 0 Å². The molecule has 0 fully saturated rings. The molecule has 2 rings (SSSR count). The fourth-order valence-electron chi connectivity index (χ4n) is 2.83. The number of methoxy groups -OCH3 is 2. The Kier molecular flexibility index (Phi) is 8.27. The van der Waals surface area contributed by atoms with E-state index in [0.29, 0.717) is 42.9 Å². The van der Waals surface area contributed by atoms with Gasteiger partial charge in [0.05, 0.1) is 31.8 Å². The molecule has 156 valence electrons. The average Bonchev–Trinajstić information content (AvgIpc) is 2.70. The van der Waals surface area contributed by atoms with Crippen molar-refractivity contribution in [2.45, 2.75) is 26.2 Å². The Labute approximate surface area is 169 Å². The number of carbonyl (C=O) groups excluding carboxylic acids is 1. The normalized spacial score (nSPS) is 10.3. The number of hydrogen-bond donors (Lipinski definition) is 1. The monoisotopic (exact) mass is 402 g/mol. The van der Waals surface area contributed by atoms with Gasteiger partial charge in [-0.15, -0.1) is 0 Å². The maximum absolute atomic E-state index is 12.0. The van der Waals surface area contributed by atoms with Crippen LogP contribution in [0.25, 0.3) is 0 Å². The predicted molar refractivity (Wildman–Crippen MR) is 109 cm³/mol. The predicted octanol–water partition coefficient (Wildman–Crippen LogP) is 3.44. The molecular weight excluding hydrogens is 376 g/mol. The van der Waals surface area contributed by atoms with Crippen LogP contribution in [0.1, 0.15) is 24.0 Å². The highest BCUT2D eigenvalue weighted by Crippen LogP contribution is 2.34. The number of ether oxygens (including phenoxy) is 3. The lowest BCUT2D eigenvalue weighted by Crippen LogP contribution is -2.26. The zero-order valence-electron chi connectivity index (χ0n) is 16.9. The molecular formula is C21H26N2O6. The van der Waals surface area contributed by atoms with Crippen LogP contribution in [0.15, 0.2) is 36.4 Å². The second-order valence-corrected chi connectivity index (χ2v) is 6.46. The molecule has 0 saturated carbocycles.